The van der Waals surface area contributed by atoms with Crippen LogP contribution in [0.2, 0.25) is 0 Å². The summed E-state index contributed by atoms with van der Waals surface area (Å²) in [5, 5.41) is 3.14. The van der Waals surface area contributed by atoms with E-state index in [-0.39, 0.29) is 12.0 Å². The number of rotatable bonds is 2. The van der Waals surface area contributed by atoms with Gasteiger partial charge in [0.2, 0.25) is 0 Å². The van der Waals surface area contributed by atoms with Gasteiger partial charge in [-0.2, -0.15) is 0 Å². The van der Waals surface area contributed by atoms with Crippen molar-refractivity contribution in [1.29, 1.82) is 0 Å². The molecule has 0 spiro atoms. The summed E-state index contributed by atoms with van der Waals surface area (Å²) in [5.41, 5.74) is 1.68. The van der Waals surface area contributed by atoms with Gasteiger partial charge in [0.1, 0.15) is 17.5 Å². The molecule has 0 bridgehead atoms. The van der Waals surface area contributed by atoms with Crippen molar-refractivity contribution < 1.29 is 8.78 Å². The Bertz CT molecular complexity index is 692. The number of hydrogen-bond donors (Lipinski definition) is 2. The molecule has 1 aliphatic rings. The van der Waals surface area contributed by atoms with Crippen molar-refractivity contribution in [3.8, 4) is 0 Å². The maximum absolute atomic E-state index is 13.1. The quantitative estimate of drug-likeness (QED) is 0.869. The lowest BCUT2D eigenvalue weighted by Gasteiger charge is -2.15. The number of aromatic nitrogens is 2. The molecule has 1 aromatic heterocycles. The number of fused-ring (bicyclic) bond motifs is 1. The third-order valence-electron chi connectivity index (χ3n) is 3.29. The van der Waals surface area contributed by atoms with E-state index in [1.54, 1.807) is 0 Å². The summed E-state index contributed by atoms with van der Waals surface area (Å²) in [6.45, 7) is 1.30. The third kappa shape index (κ3) is 2.60. The lowest BCUT2D eigenvalue weighted by molar-refractivity contribution is 0.579. The maximum atomic E-state index is 13.1. The zero-order valence-electron chi connectivity index (χ0n) is 10.7. The Morgan fingerprint density at radius 3 is 2.70 bits per heavy atom. The van der Waals surface area contributed by atoms with E-state index < -0.39 is 11.6 Å². The van der Waals surface area contributed by atoms with Gasteiger partial charge in [-0.25, -0.2) is 13.8 Å². The molecule has 0 unspecified atom stereocenters. The molecular formula is C14H13F2N3O. The second-order valence-electron chi connectivity index (χ2n) is 4.82. The van der Waals surface area contributed by atoms with Crippen molar-refractivity contribution in [3.63, 3.8) is 0 Å². The summed E-state index contributed by atoms with van der Waals surface area (Å²) in [6.07, 6.45) is 0.837. The van der Waals surface area contributed by atoms with Crippen LogP contribution in [0, 0.1) is 11.6 Å². The average Bonchev–Trinajstić information content (AvgIpc) is 2.37. The Balaban J connectivity index is 1.95. The van der Waals surface area contributed by atoms with Crippen LogP contribution in [-0.4, -0.2) is 16.5 Å². The van der Waals surface area contributed by atoms with Crippen LogP contribution >= 0.6 is 0 Å². The molecule has 0 radical (unpaired) electrons. The van der Waals surface area contributed by atoms with E-state index in [4.69, 9.17) is 0 Å². The van der Waals surface area contributed by atoms with Gasteiger partial charge in [0, 0.05) is 24.6 Å². The molecule has 1 aromatic carbocycles. The largest absolute Gasteiger partial charge is 0.311 e. The first-order chi connectivity index (χ1) is 9.61. The Kier molecular flexibility index (Phi) is 3.31. The lowest BCUT2D eigenvalue weighted by atomic mass is 10.1. The molecule has 1 aliphatic heterocycles. The molecule has 3 rings (SSSR count). The van der Waals surface area contributed by atoms with Gasteiger partial charge in [0.25, 0.3) is 5.56 Å². The van der Waals surface area contributed by atoms with Crippen LogP contribution in [0.1, 0.15) is 22.6 Å². The van der Waals surface area contributed by atoms with E-state index in [1.807, 2.05) is 0 Å². The first-order valence-electron chi connectivity index (χ1n) is 6.38. The van der Waals surface area contributed by atoms with Gasteiger partial charge in [-0.3, -0.25) is 4.79 Å². The summed E-state index contributed by atoms with van der Waals surface area (Å²) in [6, 6.07) is 3.29. The second kappa shape index (κ2) is 5.13. The number of nitrogens with zero attached hydrogens (tertiary/aromatic N) is 1. The van der Waals surface area contributed by atoms with Crippen LogP contribution in [0.15, 0.2) is 23.0 Å². The maximum Gasteiger partial charge on any atom is 0.254 e. The van der Waals surface area contributed by atoms with Gasteiger partial charge in [-0.15, -0.1) is 0 Å². The van der Waals surface area contributed by atoms with Crippen LogP contribution in [0.25, 0.3) is 0 Å². The molecule has 0 saturated heterocycles. The molecular weight excluding hydrogens is 264 g/mol. The van der Waals surface area contributed by atoms with Crippen molar-refractivity contribution in [2.24, 2.45) is 0 Å². The highest BCUT2D eigenvalue weighted by Crippen LogP contribution is 2.12. The van der Waals surface area contributed by atoms with E-state index in [1.165, 1.54) is 12.1 Å². The summed E-state index contributed by atoms with van der Waals surface area (Å²) in [4.78, 5) is 19.0. The van der Waals surface area contributed by atoms with E-state index in [2.05, 4.69) is 15.3 Å². The minimum Gasteiger partial charge on any atom is -0.311 e. The van der Waals surface area contributed by atoms with E-state index in [0.29, 0.717) is 35.6 Å². The fraction of sp³-hybridized carbons (Fsp3) is 0.286. The van der Waals surface area contributed by atoms with Gasteiger partial charge in [-0.1, -0.05) is 0 Å². The van der Waals surface area contributed by atoms with Crippen LogP contribution in [0.5, 0.6) is 0 Å². The highest BCUT2D eigenvalue weighted by molar-refractivity contribution is 5.25. The number of H-pyrrole nitrogens is 1. The monoisotopic (exact) mass is 277 g/mol. The van der Waals surface area contributed by atoms with Crippen LogP contribution < -0.4 is 10.9 Å². The van der Waals surface area contributed by atoms with Crippen LogP contribution in [0.3, 0.4) is 0 Å². The number of aromatic amines is 1. The average molecular weight is 277 g/mol. The van der Waals surface area contributed by atoms with Gasteiger partial charge >= 0.3 is 0 Å². The summed E-state index contributed by atoms with van der Waals surface area (Å²) >= 11 is 0. The molecule has 4 nitrogen and oxygen atoms in total. The molecule has 2 heterocycles. The lowest BCUT2D eigenvalue weighted by Crippen LogP contribution is -2.31. The molecule has 2 aromatic rings. The molecule has 0 fully saturated rings. The topological polar surface area (TPSA) is 57.8 Å². The van der Waals surface area contributed by atoms with Crippen molar-refractivity contribution in [3.05, 3.63) is 62.8 Å². The minimum atomic E-state index is -0.637. The zero-order valence-corrected chi connectivity index (χ0v) is 10.7. The van der Waals surface area contributed by atoms with Gasteiger partial charge < -0.3 is 10.3 Å². The summed E-state index contributed by atoms with van der Waals surface area (Å²) < 4.78 is 26.3. The Hall–Kier alpha value is -2.08. The first kappa shape index (κ1) is 12.9. The molecule has 0 aliphatic carbocycles. The molecule has 20 heavy (non-hydrogen) atoms. The normalized spacial score (nSPS) is 14.1. The van der Waals surface area contributed by atoms with Crippen molar-refractivity contribution >= 4 is 0 Å². The third-order valence-corrected chi connectivity index (χ3v) is 3.29. The van der Waals surface area contributed by atoms with Crippen molar-refractivity contribution in [1.82, 2.24) is 15.3 Å². The van der Waals surface area contributed by atoms with Gasteiger partial charge in [-0.05, 0) is 30.7 Å². The second-order valence-corrected chi connectivity index (χ2v) is 4.82. The predicted octanol–water partition coefficient (Wildman–Crippen LogP) is 1.28. The Morgan fingerprint density at radius 1 is 1.20 bits per heavy atom. The standard InChI is InChI=1S/C14H13F2N3O/c15-9-3-8(4-10(16)6-9)5-13-18-12-7-17-2-1-11(12)14(20)19-13/h3-4,6,17H,1-2,5,7H2,(H,18,19,20). The number of benzene rings is 1. The van der Waals surface area contributed by atoms with Gasteiger partial charge in [0.15, 0.2) is 0 Å². The summed E-state index contributed by atoms with van der Waals surface area (Å²) in [5.74, 6) is -0.855. The SMILES string of the molecule is O=c1[nH]c(Cc2cc(F)cc(F)c2)nc2c1CCNC2. The Morgan fingerprint density at radius 2 is 1.95 bits per heavy atom. The molecule has 0 atom stereocenters. The van der Waals surface area contributed by atoms with Crippen molar-refractivity contribution in [2.75, 3.05) is 6.54 Å². The molecule has 2 N–H and O–H groups in total. The fourth-order valence-corrected chi connectivity index (χ4v) is 2.41. The highest BCUT2D eigenvalue weighted by Gasteiger charge is 2.15. The fourth-order valence-electron chi connectivity index (χ4n) is 2.41. The smallest absolute Gasteiger partial charge is 0.254 e. The number of nitrogens with one attached hydrogen (secondary N) is 2. The Labute approximate surface area is 113 Å². The van der Waals surface area contributed by atoms with Crippen LogP contribution in [-0.2, 0) is 19.4 Å². The molecule has 0 saturated carbocycles. The minimum absolute atomic E-state index is 0.164. The van der Waals surface area contributed by atoms with E-state index in [9.17, 15) is 13.6 Å². The molecule has 104 valence electrons. The van der Waals surface area contributed by atoms with Crippen LogP contribution in [0.4, 0.5) is 8.78 Å². The van der Waals surface area contributed by atoms with Crippen molar-refractivity contribution in [2.45, 2.75) is 19.4 Å². The van der Waals surface area contributed by atoms with E-state index in [0.717, 1.165) is 12.6 Å². The molecule has 0 amide bonds. The molecule has 6 heteroatoms. The predicted molar refractivity (Wildman–Crippen MR) is 69.4 cm³/mol. The van der Waals surface area contributed by atoms with E-state index >= 15 is 0 Å². The number of halogens is 2. The summed E-state index contributed by atoms with van der Waals surface area (Å²) in [7, 11) is 0. The first-order valence-corrected chi connectivity index (χ1v) is 6.38. The zero-order chi connectivity index (χ0) is 14.1. The number of hydrogen-bond acceptors (Lipinski definition) is 3. The van der Waals surface area contributed by atoms with Gasteiger partial charge in [0.05, 0.1) is 5.69 Å². The highest BCUT2D eigenvalue weighted by atomic mass is 19.1.